The molecule has 0 radical (unpaired) electrons. The standard InChI is InChI=1S/C28H20N4O3/c33-25(30-22-12-7-15-29-17-22)18-35-28(34)21-13-14-23-24(16-21)32-27(20-10-5-2-6-11-20)26(31-23)19-8-3-1-4-9-19/h1-17H,18H2,(H,30,33). The van der Waals surface area contributed by atoms with E-state index in [0.717, 1.165) is 16.8 Å². The number of hydrogen-bond donors (Lipinski definition) is 1. The van der Waals surface area contributed by atoms with E-state index in [1.165, 1.54) is 6.20 Å². The van der Waals surface area contributed by atoms with Crippen molar-refractivity contribution in [1.82, 2.24) is 15.0 Å². The predicted octanol–water partition coefficient (Wildman–Crippen LogP) is 5.15. The molecule has 0 saturated carbocycles. The first kappa shape index (κ1) is 21.9. The second kappa shape index (κ2) is 9.93. The molecular formula is C28H20N4O3. The molecule has 0 saturated heterocycles. The van der Waals surface area contributed by atoms with Crippen LogP contribution in [0.1, 0.15) is 10.4 Å². The van der Waals surface area contributed by atoms with Gasteiger partial charge >= 0.3 is 5.97 Å². The van der Waals surface area contributed by atoms with Crippen LogP contribution in [0.5, 0.6) is 0 Å². The minimum atomic E-state index is -0.622. The molecule has 1 N–H and O–H groups in total. The van der Waals surface area contributed by atoms with Crippen molar-refractivity contribution in [2.24, 2.45) is 0 Å². The van der Waals surface area contributed by atoms with Gasteiger partial charge in [-0.1, -0.05) is 60.7 Å². The Kier molecular flexibility index (Phi) is 6.21. The van der Waals surface area contributed by atoms with Crippen LogP contribution in [0.25, 0.3) is 33.5 Å². The Bertz CT molecular complexity index is 1490. The first-order valence-electron chi connectivity index (χ1n) is 11.0. The van der Waals surface area contributed by atoms with Gasteiger partial charge in [0.1, 0.15) is 0 Å². The first-order valence-corrected chi connectivity index (χ1v) is 11.0. The smallest absolute Gasteiger partial charge is 0.338 e. The highest BCUT2D eigenvalue weighted by molar-refractivity contribution is 5.97. The SMILES string of the molecule is O=C(COC(=O)c1ccc2nc(-c3ccccc3)c(-c3ccccc3)nc2c1)Nc1cccnc1. The van der Waals surface area contributed by atoms with Gasteiger partial charge in [-0.2, -0.15) is 0 Å². The number of pyridine rings is 1. The molecule has 2 aromatic heterocycles. The molecule has 0 atom stereocenters. The van der Waals surface area contributed by atoms with Crippen molar-refractivity contribution in [1.29, 1.82) is 0 Å². The van der Waals surface area contributed by atoms with E-state index in [9.17, 15) is 9.59 Å². The van der Waals surface area contributed by atoms with Crippen LogP contribution in [-0.2, 0) is 9.53 Å². The minimum Gasteiger partial charge on any atom is -0.452 e. The van der Waals surface area contributed by atoms with Crippen LogP contribution >= 0.6 is 0 Å². The van der Waals surface area contributed by atoms with Crippen LogP contribution < -0.4 is 5.32 Å². The molecule has 170 valence electrons. The van der Waals surface area contributed by atoms with E-state index in [0.29, 0.717) is 22.4 Å². The Balaban J connectivity index is 1.42. The number of hydrogen-bond acceptors (Lipinski definition) is 6. The highest BCUT2D eigenvalue weighted by Crippen LogP contribution is 2.31. The topological polar surface area (TPSA) is 94.1 Å². The zero-order valence-electron chi connectivity index (χ0n) is 18.6. The third kappa shape index (κ3) is 5.04. The van der Waals surface area contributed by atoms with Crippen molar-refractivity contribution in [3.63, 3.8) is 0 Å². The molecule has 0 bridgehead atoms. The molecule has 35 heavy (non-hydrogen) atoms. The quantitative estimate of drug-likeness (QED) is 0.352. The van der Waals surface area contributed by atoms with Crippen LogP contribution in [0.2, 0.25) is 0 Å². The van der Waals surface area contributed by atoms with Crippen LogP contribution in [0.3, 0.4) is 0 Å². The molecule has 0 aliphatic heterocycles. The summed E-state index contributed by atoms with van der Waals surface area (Å²) in [7, 11) is 0. The molecule has 7 heteroatoms. The highest BCUT2D eigenvalue weighted by atomic mass is 16.5. The maximum Gasteiger partial charge on any atom is 0.338 e. The fraction of sp³-hybridized carbons (Fsp3) is 0.0357. The zero-order valence-corrected chi connectivity index (χ0v) is 18.6. The number of nitrogens with zero attached hydrogens (tertiary/aromatic N) is 3. The van der Waals surface area contributed by atoms with E-state index < -0.39 is 18.5 Å². The Labute approximate surface area is 201 Å². The average molecular weight is 460 g/mol. The highest BCUT2D eigenvalue weighted by Gasteiger charge is 2.16. The first-order chi connectivity index (χ1) is 17.2. The van der Waals surface area contributed by atoms with Gasteiger partial charge in [0.15, 0.2) is 6.61 Å². The summed E-state index contributed by atoms with van der Waals surface area (Å²) in [6, 6.07) is 28.0. The third-order valence-corrected chi connectivity index (χ3v) is 5.27. The number of carbonyl (C=O) groups excluding carboxylic acids is 2. The van der Waals surface area contributed by atoms with E-state index in [1.807, 2.05) is 60.7 Å². The lowest BCUT2D eigenvalue weighted by molar-refractivity contribution is -0.119. The number of benzene rings is 3. The summed E-state index contributed by atoms with van der Waals surface area (Å²) in [5.74, 6) is -1.07. The van der Waals surface area contributed by atoms with Gasteiger partial charge in [0.2, 0.25) is 0 Å². The van der Waals surface area contributed by atoms with Crippen LogP contribution in [0.15, 0.2) is 103 Å². The van der Waals surface area contributed by atoms with Crippen LogP contribution in [-0.4, -0.2) is 33.4 Å². The van der Waals surface area contributed by atoms with E-state index >= 15 is 0 Å². The van der Waals surface area contributed by atoms with E-state index in [4.69, 9.17) is 14.7 Å². The second-order valence-corrected chi connectivity index (χ2v) is 7.72. The lowest BCUT2D eigenvalue weighted by atomic mass is 10.0. The summed E-state index contributed by atoms with van der Waals surface area (Å²) in [6.45, 7) is -0.417. The maximum absolute atomic E-state index is 12.6. The van der Waals surface area contributed by atoms with Crippen LogP contribution in [0, 0.1) is 0 Å². The Hall–Kier alpha value is -4.91. The predicted molar refractivity (Wildman–Crippen MR) is 134 cm³/mol. The number of carbonyl (C=O) groups is 2. The minimum absolute atomic E-state index is 0.285. The maximum atomic E-state index is 12.6. The number of ether oxygens (including phenoxy) is 1. The summed E-state index contributed by atoms with van der Waals surface area (Å²) < 4.78 is 5.20. The second-order valence-electron chi connectivity index (χ2n) is 7.72. The van der Waals surface area contributed by atoms with Crippen LogP contribution in [0.4, 0.5) is 5.69 Å². The normalized spacial score (nSPS) is 10.6. The summed E-state index contributed by atoms with van der Waals surface area (Å²) in [6.07, 6.45) is 3.11. The van der Waals surface area contributed by atoms with E-state index in [1.54, 1.807) is 36.5 Å². The monoisotopic (exact) mass is 460 g/mol. The summed E-state index contributed by atoms with van der Waals surface area (Å²) in [5.41, 5.74) is 5.35. The molecule has 0 fully saturated rings. The summed E-state index contributed by atoms with van der Waals surface area (Å²) in [4.78, 5) is 38.4. The molecule has 0 aliphatic rings. The van der Waals surface area contributed by atoms with Gasteiger partial charge in [-0.3, -0.25) is 9.78 Å². The lowest BCUT2D eigenvalue weighted by Crippen LogP contribution is -2.21. The van der Waals surface area contributed by atoms with Gasteiger partial charge in [0.05, 0.1) is 39.9 Å². The van der Waals surface area contributed by atoms with Gasteiger partial charge < -0.3 is 10.1 Å². The Morgan fingerprint density at radius 2 is 1.40 bits per heavy atom. The van der Waals surface area contributed by atoms with Crippen molar-refractivity contribution < 1.29 is 14.3 Å². The van der Waals surface area contributed by atoms with Gasteiger partial charge in [-0.05, 0) is 30.3 Å². The molecule has 0 aliphatic carbocycles. The molecule has 0 spiro atoms. The lowest BCUT2D eigenvalue weighted by Gasteiger charge is -2.11. The molecule has 5 rings (SSSR count). The molecule has 3 aromatic carbocycles. The fourth-order valence-corrected chi connectivity index (χ4v) is 3.62. The fourth-order valence-electron chi connectivity index (χ4n) is 3.62. The molecule has 2 heterocycles. The number of aromatic nitrogens is 3. The van der Waals surface area contributed by atoms with Gasteiger partial charge in [0, 0.05) is 17.3 Å². The molecule has 5 aromatic rings. The number of rotatable bonds is 6. The van der Waals surface area contributed by atoms with Crippen molar-refractivity contribution in [3.05, 3.63) is 109 Å². The number of amides is 1. The van der Waals surface area contributed by atoms with Gasteiger partial charge in [0.25, 0.3) is 5.91 Å². The third-order valence-electron chi connectivity index (χ3n) is 5.27. The van der Waals surface area contributed by atoms with Crippen molar-refractivity contribution >= 4 is 28.6 Å². The molecular weight excluding hydrogens is 440 g/mol. The number of fused-ring (bicyclic) bond motifs is 1. The molecule has 1 amide bonds. The van der Waals surface area contributed by atoms with Crippen molar-refractivity contribution in [2.75, 3.05) is 11.9 Å². The average Bonchev–Trinajstić information content (AvgIpc) is 2.92. The molecule has 0 unspecified atom stereocenters. The number of anilines is 1. The van der Waals surface area contributed by atoms with E-state index in [2.05, 4.69) is 10.3 Å². The largest absolute Gasteiger partial charge is 0.452 e. The number of esters is 1. The molecule has 7 nitrogen and oxygen atoms in total. The Morgan fingerprint density at radius 1 is 0.743 bits per heavy atom. The zero-order chi connectivity index (χ0) is 24.0. The van der Waals surface area contributed by atoms with Gasteiger partial charge in [-0.25, -0.2) is 14.8 Å². The van der Waals surface area contributed by atoms with Gasteiger partial charge in [-0.15, -0.1) is 0 Å². The Morgan fingerprint density at radius 3 is 2.03 bits per heavy atom. The summed E-state index contributed by atoms with van der Waals surface area (Å²) in [5, 5.41) is 2.62. The van der Waals surface area contributed by atoms with Crippen molar-refractivity contribution in [2.45, 2.75) is 0 Å². The summed E-state index contributed by atoms with van der Waals surface area (Å²) >= 11 is 0. The van der Waals surface area contributed by atoms with Crippen molar-refractivity contribution in [3.8, 4) is 22.5 Å². The number of nitrogens with one attached hydrogen (secondary N) is 1. The van der Waals surface area contributed by atoms with E-state index in [-0.39, 0.29) is 5.56 Å².